The van der Waals surface area contributed by atoms with Gasteiger partial charge in [-0.1, -0.05) is 20.8 Å². The van der Waals surface area contributed by atoms with Crippen molar-refractivity contribution in [2.24, 2.45) is 16.7 Å². The van der Waals surface area contributed by atoms with Gasteiger partial charge in [-0.15, -0.1) is 0 Å². The number of allylic oxidation sites excluding steroid dienone is 10. The van der Waals surface area contributed by atoms with Crippen molar-refractivity contribution in [2.75, 3.05) is 0 Å². The maximum atomic E-state index is 10.9. The summed E-state index contributed by atoms with van der Waals surface area (Å²) in [5, 5.41) is 50.8. The zero-order chi connectivity index (χ0) is 23.1. The van der Waals surface area contributed by atoms with E-state index in [4.69, 9.17) is 0 Å². The maximum absolute atomic E-state index is 10.9. The molecule has 0 amide bonds. The Morgan fingerprint density at radius 3 is 1.72 bits per heavy atom. The Balaban J connectivity index is 1.54. The lowest BCUT2D eigenvalue weighted by atomic mass is 9.69. The highest BCUT2D eigenvalue weighted by Crippen LogP contribution is 2.65. The summed E-state index contributed by atoms with van der Waals surface area (Å²) in [6, 6.07) is 0.356. The average molecular weight is 437 g/mol. The summed E-state index contributed by atoms with van der Waals surface area (Å²) in [6.07, 6.45) is 19.2. The van der Waals surface area contributed by atoms with E-state index in [9.17, 15) is 20.8 Å². The minimum atomic E-state index is -0.398. The summed E-state index contributed by atoms with van der Waals surface area (Å²) in [5.41, 5.74) is 2.14. The van der Waals surface area contributed by atoms with Crippen LogP contribution in [0.25, 0.3) is 0 Å². The molecule has 0 unspecified atom stereocenters. The Kier molecular flexibility index (Phi) is 5.40. The molecular formula is C24H28N4O4-2. The van der Waals surface area contributed by atoms with Crippen molar-refractivity contribution in [3.63, 3.8) is 0 Å². The minimum Gasteiger partial charge on any atom is -0.612 e. The third kappa shape index (κ3) is 3.59. The van der Waals surface area contributed by atoms with Gasteiger partial charge in [0.15, 0.2) is 0 Å². The molecule has 2 saturated carbocycles. The van der Waals surface area contributed by atoms with E-state index in [1.54, 1.807) is 24.3 Å². The Morgan fingerprint density at radius 2 is 1.25 bits per heavy atom. The van der Waals surface area contributed by atoms with E-state index in [1.165, 1.54) is 24.3 Å². The van der Waals surface area contributed by atoms with E-state index in [2.05, 4.69) is 31.4 Å². The standard InChI is InChI=1S/C24H28N4O4/c1-23(2)20-12-13-24(23,3)22(26-15-17-6-10-19(11-7-17)28(31)32)21(20)25-14-16-4-8-18(9-5-16)27(29)30/h4-11,14-15,20-22,25-26H,12-13H2,1-3H3/q-2/t20-,21+,22+,24+/m0/s1. The quantitative estimate of drug-likeness (QED) is 0.515. The highest BCUT2D eigenvalue weighted by molar-refractivity contribution is 6.03. The van der Waals surface area contributed by atoms with Crippen LogP contribution in [0.5, 0.6) is 0 Å². The topological polar surface area (TPSA) is 122 Å². The summed E-state index contributed by atoms with van der Waals surface area (Å²) < 4.78 is 0. The predicted octanol–water partition coefficient (Wildman–Crippen LogP) is 3.28. The molecule has 8 heteroatoms. The predicted molar refractivity (Wildman–Crippen MR) is 125 cm³/mol. The number of hydrogen-bond acceptors (Lipinski definition) is 6. The third-order valence-electron chi connectivity index (χ3n) is 7.93. The molecule has 0 saturated heterocycles. The van der Waals surface area contributed by atoms with E-state index in [1.807, 2.05) is 12.4 Å². The molecule has 4 atom stereocenters. The Morgan fingerprint density at radius 1 is 0.781 bits per heavy atom. The molecule has 8 nitrogen and oxygen atoms in total. The zero-order valence-electron chi connectivity index (χ0n) is 18.4. The molecule has 0 aromatic heterocycles. The van der Waals surface area contributed by atoms with E-state index in [0.717, 1.165) is 24.0 Å². The highest BCUT2D eigenvalue weighted by atomic mass is 16.8. The molecule has 2 bridgehead atoms. The van der Waals surface area contributed by atoms with Crippen LogP contribution < -0.4 is 10.6 Å². The summed E-state index contributed by atoms with van der Waals surface area (Å²) in [5.74, 6) is 0.476. The smallest absolute Gasteiger partial charge is 0.222 e. The van der Waals surface area contributed by atoms with Crippen molar-refractivity contribution in [1.29, 1.82) is 0 Å². The minimum absolute atomic E-state index is 0.0763. The van der Waals surface area contributed by atoms with Crippen LogP contribution in [0, 0.1) is 37.6 Å². The molecule has 170 valence electrons. The van der Waals surface area contributed by atoms with Crippen molar-refractivity contribution in [3.8, 4) is 0 Å². The van der Waals surface area contributed by atoms with Gasteiger partial charge in [-0.25, -0.2) is 0 Å². The normalized spacial score (nSPS) is 31.8. The first-order valence-electron chi connectivity index (χ1n) is 10.8. The van der Waals surface area contributed by atoms with E-state index in [0.29, 0.717) is 5.92 Å². The monoisotopic (exact) mass is 436 g/mol. The number of nitrogens with one attached hydrogen (secondary N) is 2. The van der Waals surface area contributed by atoms with Crippen molar-refractivity contribution in [2.45, 2.75) is 45.7 Å². The molecule has 4 aliphatic carbocycles. The number of fused-ring (bicyclic) bond motifs is 2. The van der Waals surface area contributed by atoms with Gasteiger partial charge in [0.2, 0.25) is 11.4 Å². The Hall–Kier alpha value is -3.42. The van der Waals surface area contributed by atoms with Gasteiger partial charge in [0.1, 0.15) is 0 Å². The second-order valence-corrected chi connectivity index (χ2v) is 9.61. The molecule has 0 aromatic carbocycles. The first-order valence-corrected chi connectivity index (χ1v) is 10.8. The van der Waals surface area contributed by atoms with E-state index >= 15 is 0 Å². The van der Waals surface area contributed by atoms with Crippen LogP contribution in [-0.4, -0.2) is 33.3 Å². The lowest BCUT2D eigenvalue weighted by Gasteiger charge is -2.40. The summed E-state index contributed by atoms with van der Waals surface area (Å²) in [7, 11) is 0. The van der Waals surface area contributed by atoms with Gasteiger partial charge < -0.3 is 31.5 Å². The van der Waals surface area contributed by atoms with Crippen molar-refractivity contribution in [3.05, 3.63) is 93.0 Å². The Labute approximate surface area is 187 Å². The fourth-order valence-corrected chi connectivity index (χ4v) is 5.64. The fraction of sp³-hybridized carbons (Fsp3) is 0.417. The van der Waals surface area contributed by atoms with Gasteiger partial charge in [-0.3, -0.25) is 0 Å². The third-order valence-corrected chi connectivity index (χ3v) is 7.93. The maximum Gasteiger partial charge on any atom is 0.222 e. The van der Waals surface area contributed by atoms with Gasteiger partial charge in [-0.2, -0.15) is 9.80 Å². The van der Waals surface area contributed by atoms with Crippen LogP contribution in [0.15, 0.2) is 72.2 Å². The van der Waals surface area contributed by atoms with Crippen LogP contribution in [-0.2, 0) is 0 Å². The fourth-order valence-electron chi connectivity index (χ4n) is 5.64. The highest BCUT2D eigenvalue weighted by Gasteiger charge is 2.65. The number of hydrogen-bond donors (Lipinski definition) is 2. The molecule has 0 radical (unpaired) electrons. The van der Waals surface area contributed by atoms with E-state index < -0.39 is 9.80 Å². The average Bonchev–Trinajstić information content (AvgIpc) is 3.09. The van der Waals surface area contributed by atoms with Gasteiger partial charge in [0.25, 0.3) is 0 Å². The van der Waals surface area contributed by atoms with Crippen LogP contribution >= 0.6 is 0 Å². The first-order chi connectivity index (χ1) is 15.1. The Bertz CT molecular complexity index is 1000. The van der Waals surface area contributed by atoms with Crippen LogP contribution in [0.1, 0.15) is 33.6 Å². The number of rotatable bonds is 4. The van der Waals surface area contributed by atoms with Crippen molar-refractivity contribution in [1.82, 2.24) is 10.6 Å². The summed E-state index contributed by atoms with van der Waals surface area (Å²) in [4.78, 5) is -0.796. The van der Waals surface area contributed by atoms with Gasteiger partial charge in [0, 0.05) is 42.7 Å². The molecule has 2 N–H and O–H groups in total. The van der Waals surface area contributed by atoms with E-state index in [-0.39, 0.29) is 34.3 Å². The molecule has 4 aliphatic rings. The molecule has 0 spiro atoms. The molecule has 0 heterocycles. The van der Waals surface area contributed by atoms with Gasteiger partial charge >= 0.3 is 0 Å². The zero-order valence-corrected chi connectivity index (χ0v) is 18.4. The van der Waals surface area contributed by atoms with Crippen molar-refractivity contribution < 1.29 is 9.80 Å². The molecule has 0 aliphatic heterocycles. The largest absolute Gasteiger partial charge is 0.612 e. The number of nitrogens with zero attached hydrogens (tertiary/aromatic N) is 2. The van der Waals surface area contributed by atoms with Gasteiger partial charge in [-0.05, 0) is 65.0 Å². The van der Waals surface area contributed by atoms with Crippen molar-refractivity contribution >= 4 is 11.4 Å². The van der Waals surface area contributed by atoms with Crippen LogP contribution in [0.2, 0.25) is 0 Å². The second-order valence-electron chi connectivity index (χ2n) is 9.61. The lowest BCUT2D eigenvalue weighted by Crippen LogP contribution is -2.52. The van der Waals surface area contributed by atoms with Crippen LogP contribution in [0.3, 0.4) is 0 Å². The molecular weight excluding hydrogens is 408 g/mol. The van der Waals surface area contributed by atoms with Crippen LogP contribution in [0.4, 0.5) is 0 Å². The molecule has 4 rings (SSSR count). The summed E-state index contributed by atoms with van der Waals surface area (Å²) in [6.45, 7) is 7.00. The molecule has 2 fully saturated rings. The summed E-state index contributed by atoms with van der Waals surface area (Å²) >= 11 is 0. The lowest BCUT2D eigenvalue weighted by molar-refractivity contribution is -0.377. The SMILES string of the molecule is CC1(C)[C@H]2CC[C@]1(C)[C@H](NC=C1C=CC(=[N+]([O-])[O-])C=C1)[C@@H]2NC=C1C=CC(=[N+]([O-])[O-])C=C1. The molecule has 0 aromatic rings. The second kappa shape index (κ2) is 7.93. The first kappa shape index (κ1) is 21.8. The molecule has 32 heavy (non-hydrogen) atoms. The van der Waals surface area contributed by atoms with Gasteiger partial charge in [0.05, 0.1) is 6.04 Å².